The predicted octanol–water partition coefficient (Wildman–Crippen LogP) is 4.46. The highest BCUT2D eigenvalue weighted by Crippen LogP contribution is 2.33. The van der Waals surface area contributed by atoms with E-state index in [1.54, 1.807) is 0 Å². The Balaban J connectivity index is 1.16. The van der Waals surface area contributed by atoms with Crippen LogP contribution in [0.25, 0.3) is 10.9 Å². The molecule has 0 spiro atoms. The first-order valence-corrected chi connectivity index (χ1v) is 11.3. The molecule has 2 amide bonds. The molecular weight excluding hydrogens is 386 g/mol. The van der Waals surface area contributed by atoms with Crippen LogP contribution in [0, 0.1) is 5.92 Å². The lowest BCUT2D eigenvalue weighted by Crippen LogP contribution is -2.35. The number of hydrogen-bond acceptors (Lipinski definition) is 4. The van der Waals surface area contributed by atoms with E-state index in [0.29, 0.717) is 12.6 Å². The molecule has 0 bridgehead atoms. The third-order valence-corrected chi connectivity index (χ3v) is 6.12. The van der Waals surface area contributed by atoms with Crippen LogP contribution in [-0.2, 0) is 6.42 Å². The lowest BCUT2D eigenvalue weighted by Gasteiger charge is -2.15. The number of amides is 2. The van der Waals surface area contributed by atoms with Crippen molar-refractivity contribution in [1.82, 2.24) is 15.6 Å². The number of nitrogens with one attached hydrogen (secondary N) is 4. The Bertz CT molecular complexity index is 1080. The average molecular weight is 416 g/mol. The Morgan fingerprint density at radius 1 is 1.00 bits per heavy atom. The molecule has 3 aromatic rings. The highest BCUT2D eigenvalue weighted by atomic mass is 16.2. The maximum atomic E-state index is 12.1. The molecule has 4 N–H and O–H groups in total. The number of benzene rings is 2. The minimum Gasteiger partial charge on any atom is -0.363 e. The summed E-state index contributed by atoms with van der Waals surface area (Å²) in [6.07, 6.45) is 4.87. The molecular formula is C25H29N5O. The van der Waals surface area contributed by atoms with Crippen molar-refractivity contribution in [3.8, 4) is 0 Å². The van der Waals surface area contributed by atoms with Gasteiger partial charge in [0.1, 0.15) is 5.82 Å². The van der Waals surface area contributed by atoms with Crippen molar-refractivity contribution >= 4 is 28.4 Å². The highest BCUT2D eigenvalue weighted by molar-refractivity contribution is 5.92. The maximum absolute atomic E-state index is 12.1. The number of carbonyl (C=O) groups is 1. The third kappa shape index (κ3) is 4.97. The number of rotatable bonds is 8. The summed E-state index contributed by atoms with van der Waals surface area (Å²) in [7, 11) is 0. The van der Waals surface area contributed by atoms with Gasteiger partial charge >= 0.3 is 6.03 Å². The van der Waals surface area contributed by atoms with Crippen LogP contribution in [0.4, 0.5) is 16.3 Å². The first-order valence-electron chi connectivity index (χ1n) is 11.3. The Labute approximate surface area is 182 Å². The van der Waals surface area contributed by atoms with Crippen molar-refractivity contribution in [1.29, 1.82) is 0 Å². The summed E-state index contributed by atoms with van der Waals surface area (Å²) in [4.78, 5) is 16.9. The fourth-order valence-electron chi connectivity index (χ4n) is 4.24. The first kappa shape index (κ1) is 19.8. The number of hydrogen-bond donors (Lipinski definition) is 4. The van der Waals surface area contributed by atoms with Gasteiger partial charge in [0.25, 0.3) is 0 Å². The molecule has 160 valence electrons. The zero-order chi connectivity index (χ0) is 21.0. The third-order valence-electron chi connectivity index (χ3n) is 6.12. The molecule has 31 heavy (non-hydrogen) atoms. The van der Waals surface area contributed by atoms with Crippen LogP contribution in [0.5, 0.6) is 0 Å². The van der Waals surface area contributed by atoms with E-state index in [1.165, 1.54) is 24.0 Å². The molecule has 0 aliphatic heterocycles. The normalized spacial score (nSPS) is 17.4. The van der Waals surface area contributed by atoms with E-state index in [4.69, 9.17) is 4.98 Å². The van der Waals surface area contributed by atoms with Gasteiger partial charge in [-0.1, -0.05) is 24.3 Å². The number of aryl methyl sites for hydroxylation is 1. The summed E-state index contributed by atoms with van der Waals surface area (Å²) in [5.74, 6) is 1.73. The van der Waals surface area contributed by atoms with E-state index in [2.05, 4.69) is 51.6 Å². The number of anilines is 2. The first-order chi connectivity index (χ1) is 15.2. The number of aromatic nitrogens is 1. The molecule has 5 rings (SSSR count). The van der Waals surface area contributed by atoms with Gasteiger partial charge in [0, 0.05) is 24.2 Å². The van der Waals surface area contributed by atoms with Gasteiger partial charge in [0.05, 0.1) is 11.6 Å². The van der Waals surface area contributed by atoms with Crippen LogP contribution in [0.15, 0.2) is 54.6 Å². The maximum Gasteiger partial charge on any atom is 0.319 e. The molecule has 1 heterocycles. The standard InChI is InChI=1S/C25H29N5O/c31-25(27-14-13-26-16-17-5-6-17)28-20-9-11-22-19(15-20)8-12-24(29-22)30-23-10-7-18-3-1-2-4-21(18)23/h1-4,8-9,11-12,15,17,23,26H,5-7,10,13-14,16H2,(H,29,30)(H2,27,28,31)/t23-/m1/s1. The summed E-state index contributed by atoms with van der Waals surface area (Å²) in [5, 5.41) is 13.8. The van der Waals surface area contributed by atoms with Gasteiger partial charge in [-0.2, -0.15) is 0 Å². The molecule has 6 nitrogen and oxygen atoms in total. The summed E-state index contributed by atoms with van der Waals surface area (Å²) < 4.78 is 0. The zero-order valence-corrected chi connectivity index (χ0v) is 17.7. The van der Waals surface area contributed by atoms with Crippen molar-refractivity contribution in [3.63, 3.8) is 0 Å². The lowest BCUT2D eigenvalue weighted by molar-refractivity contribution is 0.252. The van der Waals surface area contributed by atoms with Gasteiger partial charge in [-0.05, 0) is 79.6 Å². The van der Waals surface area contributed by atoms with Gasteiger partial charge in [0.2, 0.25) is 0 Å². The van der Waals surface area contributed by atoms with Crippen LogP contribution >= 0.6 is 0 Å². The van der Waals surface area contributed by atoms with Gasteiger partial charge in [0.15, 0.2) is 0 Å². The van der Waals surface area contributed by atoms with E-state index in [-0.39, 0.29) is 6.03 Å². The van der Waals surface area contributed by atoms with Gasteiger partial charge in [-0.15, -0.1) is 0 Å². The van der Waals surface area contributed by atoms with Crippen molar-refractivity contribution in [3.05, 3.63) is 65.7 Å². The highest BCUT2D eigenvalue weighted by Gasteiger charge is 2.22. The largest absolute Gasteiger partial charge is 0.363 e. The van der Waals surface area contributed by atoms with E-state index >= 15 is 0 Å². The Morgan fingerprint density at radius 3 is 2.81 bits per heavy atom. The molecule has 1 saturated carbocycles. The second-order valence-electron chi connectivity index (χ2n) is 8.57. The monoisotopic (exact) mass is 415 g/mol. The number of fused-ring (bicyclic) bond motifs is 2. The molecule has 0 saturated heterocycles. The topological polar surface area (TPSA) is 78.1 Å². The van der Waals surface area contributed by atoms with Crippen molar-refractivity contribution in [2.24, 2.45) is 5.92 Å². The van der Waals surface area contributed by atoms with Crippen LogP contribution < -0.4 is 21.3 Å². The predicted molar refractivity (Wildman–Crippen MR) is 125 cm³/mol. The lowest BCUT2D eigenvalue weighted by atomic mass is 10.1. The molecule has 1 atom stereocenters. The Hall–Kier alpha value is -3.12. The van der Waals surface area contributed by atoms with E-state index < -0.39 is 0 Å². The molecule has 1 fully saturated rings. The number of nitrogens with zero attached hydrogens (tertiary/aromatic N) is 1. The fraction of sp³-hybridized carbons (Fsp3) is 0.360. The van der Waals surface area contributed by atoms with Crippen molar-refractivity contribution < 1.29 is 4.79 Å². The Morgan fingerprint density at radius 2 is 1.90 bits per heavy atom. The van der Waals surface area contributed by atoms with Crippen LogP contribution in [-0.4, -0.2) is 30.6 Å². The summed E-state index contributed by atoms with van der Waals surface area (Å²) in [5.41, 5.74) is 4.47. The minimum atomic E-state index is -0.182. The second kappa shape index (κ2) is 8.94. The number of pyridine rings is 1. The van der Waals surface area contributed by atoms with Crippen LogP contribution in [0.1, 0.15) is 36.4 Å². The van der Waals surface area contributed by atoms with E-state index in [1.807, 2.05) is 24.3 Å². The molecule has 2 aliphatic rings. The van der Waals surface area contributed by atoms with Crippen LogP contribution in [0.2, 0.25) is 0 Å². The summed E-state index contributed by atoms with van der Waals surface area (Å²) in [6, 6.07) is 18.6. The quantitative estimate of drug-likeness (QED) is 0.410. The van der Waals surface area contributed by atoms with Crippen molar-refractivity contribution in [2.75, 3.05) is 30.3 Å². The molecule has 0 unspecified atom stereocenters. The van der Waals surface area contributed by atoms with E-state index in [9.17, 15) is 4.79 Å². The van der Waals surface area contributed by atoms with Crippen molar-refractivity contribution in [2.45, 2.75) is 31.7 Å². The minimum absolute atomic E-state index is 0.182. The molecule has 2 aromatic carbocycles. The second-order valence-corrected chi connectivity index (χ2v) is 8.57. The van der Waals surface area contributed by atoms with Gasteiger partial charge in [-0.25, -0.2) is 9.78 Å². The number of urea groups is 1. The molecule has 0 radical (unpaired) electrons. The average Bonchev–Trinajstić information content (AvgIpc) is 3.53. The van der Waals surface area contributed by atoms with E-state index in [0.717, 1.165) is 54.3 Å². The molecule has 1 aromatic heterocycles. The summed E-state index contributed by atoms with van der Waals surface area (Å²) >= 11 is 0. The fourth-order valence-corrected chi connectivity index (χ4v) is 4.24. The number of carbonyl (C=O) groups excluding carboxylic acids is 1. The SMILES string of the molecule is O=C(NCCNCC1CC1)Nc1ccc2nc(N[C@@H]3CCc4ccccc43)ccc2c1. The molecule has 2 aliphatic carbocycles. The van der Waals surface area contributed by atoms with Gasteiger partial charge in [-0.3, -0.25) is 0 Å². The zero-order valence-electron chi connectivity index (χ0n) is 17.7. The Kier molecular flexibility index (Phi) is 5.71. The smallest absolute Gasteiger partial charge is 0.319 e. The van der Waals surface area contributed by atoms with Crippen LogP contribution in [0.3, 0.4) is 0 Å². The molecule has 6 heteroatoms. The summed E-state index contributed by atoms with van der Waals surface area (Å²) in [6.45, 7) is 2.48. The van der Waals surface area contributed by atoms with Gasteiger partial charge < -0.3 is 21.3 Å².